The van der Waals surface area contributed by atoms with Gasteiger partial charge in [-0.25, -0.2) is 4.79 Å². The summed E-state index contributed by atoms with van der Waals surface area (Å²) in [5.74, 6) is -1.29. The van der Waals surface area contributed by atoms with Crippen LogP contribution < -0.4 is 5.43 Å². The number of rotatable bonds is 5. The van der Waals surface area contributed by atoms with Crippen LogP contribution in [0.1, 0.15) is 27.0 Å². The number of benzene rings is 3. The molecule has 1 heterocycles. The Labute approximate surface area is 203 Å². The van der Waals surface area contributed by atoms with E-state index in [4.69, 9.17) is 46.4 Å². The largest absolute Gasteiger partial charge is 0.477 e. The number of carboxylic acids is 1. The van der Waals surface area contributed by atoms with Crippen molar-refractivity contribution < 1.29 is 9.90 Å². The van der Waals surface area contributed by atoms with Crippen molar-refractivity contribution in [1.82, 2.24) is 4.57 Å². The summed E-state index contributed by atoms with van der Waals surface area (Å²) in [6.07, 6.45) is 1.79. The first-order valence-electron chi connectivity index (χ1n) is 9.51. The highest BCUT2D eigenvalue weighted by Gasteiger charge is 2.16. The van der Waals surface area contributed by atoms with Crippen molar-refractivity contribution in [1.29, 1.82) is 0 Å². The summed E-state index contributed by atoms with van der Waals surface area (Å²) in [5.41, 5.74) is 2.18. The second-order valence-electron chi connectivity index (χ2n) is 7.29. The molecule has 0 aliphatic heterocycles. The quantitative estimate of drug-likeness (QED) is 0.318. The number of nitrogens with zero attached hydrogens (tertiary/aromatic N) is 1. The lowest BCUT2D eigenvalue weighted by atomic mass is 10.0. The molecule has 0 saturated carbocycles. The Morgan fingerprint density at radius 3 is 2.34 bits per heavy atom. The minimum atomic E-state index is -1.29. The maximum Gasteiger partial charge on any atom is 0.341 e. The van der Waals surface area contributed by atoms with E-state index in [1.165, 1.54) is 6.20 Å². The Balaban J connectivity index is 1.83. The van der Waals surface area contributed by atoms with E-state index in [0.717, 1.165) is 16.7 Å². The van der Waals surface area contributed by atoms with Crippen molar-refractivity contribution >= 4 is 63.3 Å². The van der Waals surface area contributed by atoms with E-state index in [1.807, 2.05) is 12.1 Å². The Hall–Kier alpha value is -2.50. The van der Waals surface area contributed by atoms with Gasteiger partial charge in [0.2, 0.25) is 5.43 Å². The molecule has 0 unspecified atom stereocenters. The number of carboxylic acid groups (broad SMARTS) is 1. The van der Waals surface area contributed by atoms with Crippen LogP contribution in [0.15, 0.2) is 65.6 Å². The lowest BCUT2D eigenvalue weighted by Gasteiger charge is -2.14. The summed E-state index contributed by atoms with van der Waals surface area (Å²) in [6, 6.07) is 15.9. The molecule has 0 aliphatic rings. The third-order valence-electron chi connectivity index (χ3n) is 5.14. The van der Waals surface area contributed by atoms with E-state index < -0.39 is 11.4 Å². The van der Waals surface area contributed by atoms with Gasteiger partial charge in [-0.1, -0.05) is 70.7 Å². The van der Waals surface area contributed by atoms with Crippen molar-refractivity contribution in [3.05, 3.63) is 113 Å². The van der Waals surface area contributed by atoms with E-state index in [1.54, 1.807) is 47.0 Å². The molecule has 0 amide bonds. The van der Waals surface area contributed by atoms with Crippen molar-refractivity contribution in [2.75, 3.05) is 0 Å². The minimum Gasteiger partial charge on any atom is -0.477 e. The van der Waals surface area contributed by atoms with Crippen LogP contribution >= 0.6 is 46.4 Å². The highest BCUT2D eigenvalue weighted by atomic mass is 35.5. The molecule has 162 valence electrons. The minimum absolute atomic E-state index is 0.306. The zero-order valence-electron chi connectivity index (χ0n) is 16.4. The van der Waals surface area contributed by atoms with Gasteiger partial charge in [0.15, 0.2) is 0 Å². The molecule has 3 aromatic carbocycles. The number of fused-ring (bicyclic) bond motifs is 1. The van der Waals surface area contributed by atoms with Crippen molar-refractivity contribution in [2.24, 2.45) is 0 Å². The van der Waals surface area contributed by atoms with Gasteiger partial charge in [-0.3, -0.25) is 4.79 Å². The predicted molar refractivity (Wildman–Crippen MR) is 130 cm³/mol. The maximum absolute atomic E-state index is 12.9. The van der Waals surface area contributed by atoms with E-state index in [9.17, 15) is 14.7 Å². The molecule has 0 atom stereocenters. The monoisotopic (exact) mass is 505 g/mol. The summed E-state index contributed by atoms with van der Waals surface area (Å²) in [4.78, 5) is 24.7. The van der Waals surface area contributed by atoms with Crippen molar-refractivity contribution in [3.8, 4) is 0 Å². The topological polar surface area (TPSA) is 59.3 Å². The van der Waals surface area contributed by atoms with Gasteiger partial charge in [0.1, 0.15) is 5.56 Å². The molecule has 32 heavy (non-hydrogen) atoms. The van der Waals surface area contributed by atoms with Crippen LogP contribution in [-0.4, -0.2) is 15.6 Å². The summed E-state index contributed by atoms with van der Waals surface area (Å²) in [7, 11) is 0. The molecule has 0 aliphatic carbocycles. The maximum atomic E-state index is 12.9. The number of hydrogen-bond donors (Lipinski definition) is 1. The first-order chi connectivity index (χ1) is 15.2. The lowest BCUT2D eigenvalue weighted by Crippen LogP contribution is -2.19. The molecule has 4 aromatic rings. The summed E-state index contributed by atoms with van der Waals surface area (Å²) in [6.45, 7) is 0.313. The SMILES string of the molecule is O=C(O)c1cn(Cc2ccc(Cl)c(Cl)c2)c2ccc(Cc3cccc(Cl)c3Cl)cc2c1=O. The van der Waals surface area contributed by atoms with Crippen LogP contribution in [0.3, 0.4) is 0 Å². The lowest BCUT2D eigenvalue weighted by molar-refractivity contribution is 0.0695. The Morgan fingerprint density at radius 2 is 1.62 bits per heavy atom. The summed E-state index contributed by atoms with van der Waals surface area (Å²) in [5, 5.41) is 11.6. The number of halogens is 4. The first kappa shape index (κ1) is 22.7. The van der Waals surface area contributed by atoms with Crippen molar-refractivity contribution in [2.45, 2.75) is 13.0 Å². The average Bonchev–Trinajstić information content (AvgIpc) is 2.76. The van der Waals surface area contributed by atoms with Gasteiger partial charge in [0.05, 0.1) is 25.6 Å². The van der Waals surface area contributed by atoms with Gasteiger partial charge in [-0.05, 0) is 53.4 Å². The van der Waals surface area contributed by atoms with Crippen LogP contribution in [0.4, 0.5) is 0 Å². The van der Waals surface area contributed by atoms with Gasteiger partial charge in [0, 0.05) is 18.1 Å². The smallest absolute Gasteiger partial charge is 0.341 e. The number of aromatic nitrogens is 1. The van der Waals surface area contributed by atoms with Crippen LogP contribution in [0.2, 0.25) is 20.1 Å². The van der Waals surface area contributed by atoms with Gasteiger partial charge in [-0.2, -0.15) is 0 Å². The van der Waals surface area contributed by atoms with E-state index >= 15 is 0 Å². The third kappa shape index (κ3) is 4.50. The Kier molecular flexibility index (Phi) is 6.50. The van der Waals surface area contributed by atoms with Crippen LogP contribution in [0.5, 0.6) is 0 Å². The van der Waals surface area contributed by atoms with Crippen LogP contribution in [0.25, 0.3) is 10.9 Å². The number of hydrogen-bond acceptors (Lipinski definition) is 2. The molecule has 0 saturated heterocycles. The zero-order valence-corrected chi connectivity index (χ0v) is 19.4. The molecule has 0 bridgehead atoms. The summed E-state index contributed by atoms with van der Waals surface area (Å²) >= 11 is 24.5. The zero-order chi connectivity index (χ0) is 23.0. The molecule has 1 aromatic heterocycles. The Bertz CT molecular complexity index is 1430. The molecule has 0 radical (unpaired) electrons. The molecular weight excluding hydrogens is 492 g/mol. The second kappa shape index (κ2) is 9.16. The normalized spacial score (nSPS) is 11.1. The van der Waals surface area contributed by atoms with Crippen LogP contribution in [0, 0.1) is 0 Å². The molecule has 4 nitrogen and oxygen atoms in total. The fourth-order valence-electron chi connectivity index (χ4n) is 3.58. The predicted octanol–water partition coefficient (Wildman–Crippen LogP) is 6.95. The van der Waals surface area contributed by atoms with Crippen molar-refractivity contribution in [3.63, 3.8) is 0 Å². The molecule has 0 spiro atoms. The second-order valence-corrected chi connectivity index (χ2v) is 8.89. The Morgan fingerprint density at radius 1 is 0.875 bits per heavy atom. The molecule has 1 N–H and O–H groups in total. The standard InChI is InChI=1S/C24H15Cl4NO3/c25-18-6-4-14(10-20(18)27)11-29-12-17(24(31)32)23(30)16-9-13(5-7-21(16)29)8-15-2-1-3-19(26)22(15)28/h1-7,9-10,12H,8,11H2,(H,31,32). The average molecular weight is 507 g/mol. The van der Waals surface area contributed by atoms with E-state index in [2.05, 4.69) is 0 Å². The van der Waals surface area contributed by atoms with E-state index in [-0.39, 0.29) is 5.56 Å². The molecule has 0 fully saturated rings. The first-order valence-corrected chi connectivity index (χ1v) is 11.0. The van der Waals surface area contributed by atoms with Gasteiger partial charge in [0.25, 0.3) is 0 Å². The van der Waals surface area contributed by atoms with Gasteiger partial charge >= 0.3 is 5.97 Å². The number of aromatic carboxylic acids is 1. The van der Waals surface area contributed by atoms with Gasteiger partial charge < -0.3 is 9.67 Å². The summed E-state index contributed by atoms with van der Waals surface area (Å²) < 4.78 is 1.72. The fourth-order valence-corrected chi connectivity index (χ4v) is 4.28. The fraction of sp³-hybridized carbons (Fsp3) is 0.0833. The number of pyridine rings is 1. The van der Waals surface area contributed by atoms with Gasteiger partial charge in [-0.15, -0.1) is 0 Å². The molecule has 4 rings (SSSR count). The number of carbonyl (C=O) groups is 1. The molecular formula is C24H15Cl4NO3. The third-order valence-corrected chi connectivity index (χ3v) is 6.74. The van der Waals surface area contributed by atoms with Crippen LogP contribution in [-0.2, 0) is 13.0 Å². The highest BCUT2D eigenvalue weighted by molar-refractivity contribution is 6.42. The highest BCUT2D eigenvalue weighted by Crippen LogP contribution is 2.28. The van der Waals surface area contributed by atoms with E-state index in [0.29, 0.717) is 44.0 Å². The molecule has 8 heteroatoms.